The molecule has 4 nitrogen and oxygen atoms in total. The normalized spacial score (nSPS) is 10.6. The molecule has 0 aliphatic carbocycles. The molecule has 2 aromatic heterocycles. The Morgan fingerprint density at radius 2 is 2.45 bits per heavy atom. The van der Waals surface area contributed by atoms with Gasteiger partial charge in [0.15, 0.2) is 0 Å². The Morgan fingerprint density at radius 3 is 3.27 bits per heavy atom. The van der Waals surface area contributed by atoms with Crippen LogP contribution in [0.3, 0.4) is 0 Å². The smallest absolute Gasteiger partial charge is 0.144 e. The van der Waals surface area contributed by atoms with Crippen molar-refractivity contribution in [3.8, 4) is 0 Å². The molecule has 2 aromatic rings. The fourth-order valence-electron chi connectivity index (χ4n) is 0.888. The highest BCUT2D eigenvalue weighted by molar-refractivity contribution is 7.98. The van der Waals surface area contributed by atoms with Crippen LogP contribution in [0.1, 0.15) is 0 Å². The summed E-state index contributed by atoms with van der Waals surface area (Å²) in [5, 5.41) is 7.81. The summed E-state index contributed by atoms with van der Waals surface area (Å²) in [4.78, 5) is 7.96. The maximum absolute atomic E-state index is 4.09. The fourth-order valence-corrected chi connectivity index (χ4v) is 1.38. The fraction of sp³-hybridized carbons (Fsp3) is 0.167. The second-order valence-electron chi connectivity index (χ2n) is 2.02. The second kappa shape index (κ2) is 2.50. The largest absolute Gasteiger partial charge is 0.273 e. The van der Waals surface area contributed by atoms with Gasteiger partial charge in [0.1, 0.15) is 22.4 Å². The average molecular weight is 166 g/mol. The first-order chi connectivity index (χ1) is 5.42. The first-order valence-corrected chi connectivity index (χ1v) is 4.32. The van der Waals surface area contributed by atoms with E-state index in [1.807, 2.05) is 6.26 Å². The van der Waals surface area contributed by atoms with Crippen LogP contribution in [0.4, 0.5) is 0 Å². The van der Waals surface area contributed by atoms with Gasteiger partial charge in [-0.2, -0.15) is 5.10 Å². The van der Waals surface area contributed by atoms with Crippen molar-refractivity contribution >= 4 is 22.8 Å². The molecular formula is C6H6N4S. The third-order valence-electron chi connectivity index (χ3n) is 1.39. The van der Waals surface area contributed by atoms with Crippen LogP contribution in [0, 0.1) is 0 Å². The van der Waals surface area contributed by atoms with Crippen LogP contribution < -0.4 is 0 Å². The molecule has 1 N–H and O–H groups in total. The standard InChI is InChI=1S/C6H6N4S/c1-11-6-5-4(9-10-6)2-7-3-8-5/h2-3H,1H3,(H,9,10). The molecule has 0 radical (unpaired) electrons. The number of thioether (sulfide) groups is 1. The molecule has 56 valence electrons. The van der Waals surface area contributed by atoms with Crippen molar-refractivity contribution in [3.63, 3.8) is 0 Å². The highest BCUT2D eigenvalue weighted by Gasteiger charge is 2.03. The zero-order chi connectivity index (χ0) is 7.68. The van der Waals surface area contributed by atoms with Crippen molar-refractivity contribution < 1.29 is 0 Å². The topological polar surface area (TPSA) is 54.5 Å². The van der Waals surface area contributed by atoms with Gasteiger partial charge in [0, 0.05) is 0 Å². The van der Waals surface area contributed by atoms with E-state index in [2.05, 4.69) is 20.2 Å². The first kappa shape index (κ1) is 6.60. The number of rotatable bonds is 1. The van der Waals surface area contributed by atoms with Gasteiger partial charge in [0.2, 0.25) is 0 Å². The van der Waals surface area contributed by atoms with E-state index in [1.165, 1.54) is 6.33 Å². The van der Waals surface area contributed by atoms with Crippen LogP contribution in [-0.4, -0.2) is 26.4 Å². The maximum atomic E-state index is 4.09. The monoisotopic (exact) mass is 166 g/mol. The van der Waals surface area contributed by atoms with Crippen molar-refractivity contribution in [2.75, 3.05) is 6.26 Å². The SMILES string of the molecule is CSc1n[nH]c2cncnc12. The van der Waals surface area contributed by atoms with E-state index in [0.29, 0.717) is 0 Å². The van der Waals surface area contributed by atoms with Crippen LogP contribution >= 0.6 is 11.8 Å². The van der Waals surface area contributed by atoms with E-state index in [0.717, 1.165) is 16.1 Å². The first-order valence-electron chi connectivity index (χ1n) is 3.10. The van der Waals surface area contributed by atoms with Gasteiger partial charge >= 0.3 is 0 Å². The molecule has 0 bridgehead atoms. The van der Waals surface area contributed by atoms with Crippen molar-refractivity contribution in [2.24, 2.45) is 0 Å². The van der Waals surface area contributed by atoms with Gasteiger partial charge in [0.05, 0.1) is 6.20 Å². The van der Waals surface area contributed by atoms with E-state index < -0.39 is 0 Å². The molecule has 0 amide bonds. The summed E-state index contributed by atoms with van der Waals surface area (Å²) in [5.74, 6) is 0. The molecule has 0 aromatic carbocycles. The third-order valence-corrected chi connectivity index (χ3v) is 2.06. The molecule has 0 atom stereocenters. The van der Waals surface area contributed by atoms with E-state index in [4.69, 9.17) is 0 Å². The summed E-state index contributed by atoms with van der Waals surface area (Å²) < 4.78 is 0. The van der Waals surface area contributed by atoms with Gasteiger partial charge in [-0.05, 0) is 6.26 Å². The molecule has 0 aliphatic heterocycles. The number of H-pyrrole nitrogens is 1. The van der Waals surface area contributed by atoms with Crippen molar-refractivity contribution in [3.05, 3.63) is 12.5 Å². The van der Waals surface area contributed by atoms with Crippen LogP contribution in [0.15, 0.2) is 17.6 Å². The lowest BCUT2D eigenvalue weighted by Gasteiger charge is -1.86. The van der Waals surface area contributed by atoms with E-state index >= 15 is 0 Å². The zero-order valence-electron chi connectivity index (χ0n) is 5.90. The summed E-state index contributed by atoms with van der Waals surface area (Å²) in [6.07, 6.45) is 5.21. The van der Waals surface area contributed by atoms with Gasteiger partial charge in [-0.25, -0.2) is 9.97 Å². The zero-order valence-corrected chi connectivity index (χ0v) is 6.72. The summed E-state index contributed by atoms with van der Waals surface area (Å²) >= 11 is 1.57. The molecule has 2 heterocycles. The number of aromatic amines is 1. The molecule has 0 fully saturated rings. The predicted molar refractivity (Wildman–Crippen MR) is 43.5 cm³/mol. The minimum atomic E-state index is 0.886. The van der Waals surface area contributed by atoms with Gasteiger partial charge < -0.3 is 0 Å². The highest BCUT2D eigenvalue weighted by Crippen LogP contribution is 2.19. The van der Waals surface area contributed by atoms with Crippen molar-refractivity contribution in [1.29, 1.82) is 0 Å². The van der Waals surface area contributed by atoms with Crippen LogP contribution in [-0.2, 0) is 0 Å². The summed E-state index contributed by atoms with van der Waals surface area (Å²) in [6, 6.07) is 0. The average Bonchev–Trinajstić information content (AvgIpc) is 2.47. The van der Waals surface area contributed by atoms with Crippen LogP contribution in [0.5, 0.6) is 0 Å². The van der Waals surface area contributed by atoms with Gasteiger partial charge in [-0.1, -0.05) is 0 Å². The molecule has 0 saturated carbocycles. The highest BCUT2D eigenvalue weighted by atomic mass is 32.2. The lowest BCUT2D eigenvalue weighted by atomic mass is 10.5. The van der Waals surface area contributed by atoms with Gasteiger partial charge in [-0.3, -0.25) is 5.10 Å². The Labute approximate surface area is 67.4 Å². The molecule has 0 aliphatic rings. The number of nitrogens with one attached hydrogen (secondary N) is 1. The summed E-state index contributed by atoms with van der Waals surface area (Å²) in [5.41, 5.74) is 1.78. The van der Waals surface area contributed by atoms with Gasteiger partial charge in [-0.15, -0.1) is 11.8 Å². The Hall–Kier alpha value is -1.10. The number of aromatic nitrogens is 4. The molecular weight excluding hydrogens is 160 g/mol. The Morgan fingerprint density at radius 1 is 1.55 bits per heavy atom. The van der Waals surface area contributed by atoms with E-state index in [-0.39, 0.29) is 0 Å². The Kier molecular flexibility index (Phi) is 1.50. The lowest BCUT2D eigenvalue weighted by Crippen LogP contribution is -1.77. The molecule has 0 saturated heterocycles. The summed E-state index contributed by atoms with van der Waals surface area (Å²) in [7, 11) is 0. The van der Waals surface area contributed by atoms with E-state index in [1.54, 1.807) is 18.0 Å². The number of nitrogens with zero attached hydrogens (tertiary/aromatic N) is 3. The van der Waals surface area contributed by atoms with Crippen LogP contribution in [0.2, 0.25) is 0 Å². The molecule has 0 spiro atoms. The van der Waals surface area contributed by atoms with Crippen molar-refractivity contribution in [1.82, 2.24) is 20.2 Å². The van der Waals surface area contributed by atoms with Crippen LogP contribution in [0.25, 0.3) is 11.0 Å². The van der Waals surface area contributed by atoms with Gasteiger partial charge in [0.25, 0.3) is 0 Å². The molecule has 11 heavy (non-hydrogen) atoms. The number of hydrogen-bond donors (Lipinski definition) is 1. The third kappa shape index (κ3) is 0.970. The predicted octanol–water partition coefficient (Wildman–Crippen LogP) is 1.07. The Balaban J connectivity index is 2.76. The molecule has 5 heteroatoms. The maximum Gasteiger partial charge on any atom is 0.144 e. The lowest BCUT2D eigenvalue weighted by molar-refractivity contribution is 1.02. The second-order valence-corrected chi connectivity index (χ2v) is 2.81. The minimum Gasteiger partial charge on any atom is -0.273 e. The molecule has 0 unspecified atom stereocenters. The quantitative estimate of drug-likeness (QED) is 0.644. The summed E-state index contributed by atoms with van der Waals surface area (Å²) in [6.45, 7) is 0. The molecule has 2 rings (SSSR count). The minimum absolute atomic E-state index is 0.886. The Bertz CT molecular complexity index is 369. The van der Waals surface area contributed by atoms with Crippen molar-refractivity contribution in [2.45, 2.75) is 5.03 Å². The van der Waals surface area contributed by atoms with E-state index in [9.17, 15) is 0 Å². The number of hydrogen-bond acceptors (Lipinski definition) is 4. The number of fused-ring (bicyclic) bond motifs is 1.